The van der Waals surface area contributed by atoms with E-state index in [2.05, 4.69) is 5.32 Å². The summed E-state index contributed by atoms with van der Waals surface area (Å²) in [6.07, 6.45) is 1.93. The first-order valence-corrected chi connectivity index (χ1v) is 7.60. The highest BCUT2D eigenvalue weighted by Gasteiger charge is 2.68. The van der Waals surface area contributed by atoms with E-state index >= 15 is 0 Å². The summed E-state index contributed by atoms with van der Waals surface area (Å²) in [6, 6.07) is 4.59. The standard InChI is InChI=1S/C17H21NO4/c1-16(2)11-5-6-17(16,14(21)8-11)15(22)18-12-4-3-10(9-19)7-13(12)20/h3-4,7,11,19-20H,5-6,8-9H2,1-2H3,(H,18,22)/t11-,17+/m1/s1. The number of phenolic OH excluding ortho intramolecular Hbond substituents is 1. The summed E-state index contributed by atoms with van der Waals surface area (Å²) in [4.78, 5) is 25.3. The Bertz CT molecular complexity index is 652. The molecule has 0 unspecified atom stereocenters. The number of amides is 1. The molecule has 0 heterocycles. The van der Waals surface area contributed by atoms with Crippen molar-refractivity contribution in [2.24, 2.45) is 16.7 Å². The molecule has 1 aromatic rings. The topological polar surface area (TPSA) is 86.6 Å². The second kappa shape index (κ2) is 4.81. The lowest BCUT2D eigenvalue weighted by Gasteiger charge is -2.34. The van der Waals surface area contributed by atoms with E-state index in [0.717, 1.165) is 6.42 Å². The van der Waals surface area contributed by atoms with Crippen LogP contribution in [0.25, 0.3) is 0 Å². The van der Waals surface area contributed by atoms with E-state index < -0.39 is 5.41 Å². The van der Waals surface area contributed by atoms with E-state index in [9.17, 15) is 14.7 Å². The Kier molecular flexibility index (Phi) is 3.29. The van der Waals surface area contributed by atoms with Crippen molar-refractivity contribution in [3.63, 3.8) is 0 Å². The number of rotatable bonds is 3. The van der Waals surface area contributed by atoms with Gasteiger partial charge >= 0.3 is 0 Å². The van der Waals surface area contributed by atoms with Crippen LogP contribution in [0.1, 0.15) is 38.7 Å². The van der Waals surface area contributed by atoms with E-state index in [1.54, 1.807) is 12.1 Å². The zero-order chi connectivity index (χ0) is 16.1. The highest BCUT2D eigenvalue weighted by Crippen LogP contribution is 2.64. The van der Waals surface area contributed by atoms with Gasteiger partial charge in [-0.1, -0.05) is 19.9 Å². The number of benzene rings is 1. The molecule has 0 spiro atoms. The molecule has 2 aliphatic carbocycles. The minimum atomic E-state index is -0.986. The number of anilines is 1. The van der Waals surface area contributed by atoms with Gasteiger partial charge in [-0.3, -0.25) is 9.59 Å². The van der Waals surface area contributed by atoms with Gasteiger partial charge in [-0.2, -0.15) is 0 Å². The number of hydrogen-bond donors (Lipinski definition) is 3. The number of nitrogens with one attached hydrogen (secondary N) is 1. The highest BCUT2D eigenvalue weighted by molar-refractivity contribution is 6.14. The van der Waals surface area contributed by atoms with Crippen molar-refractivity contribution in [3.8, 4) is 5.75 Å². The maximum atomic E-state index is 12.8. The summed E-state index contributed by atoms with van der Waals surface area (Å²) in [5, 5.41) is 21.7. The van der Waals surface area contributed by atoms with Crippen molar-refractivity contribution in [2.45, 2.75) is 39.7 Å². The number of phenols is 1. The molecule has 1 amide bonds. The smallest absolute Gasteiger partial charge is 0.238 e. The van der Waals surface area contributed by atoms with Crippen LogP contribution in [0.15, 0.2) is 18.2 Å². The zero-order valence-electron chi connectivity index (χ0n) is 12.8. The zero-order valence-corrected chi connectivity index (χ0v) is 12.8. The molecule has 2 atom stereocenters. The fraction of sp³-hybridized carbons (Fsp3) is 0.529. The van der Waals surface area contributed by atoms with Crippen molar-refractivity contribution in [1.82, 2.24) is 0 Å². The van der Waals surface area contributed by atoms with Crippen molar-refractivity contribution in [1.29, 1.82) is 0 Å². The summed E-state index contributed by atoms with van der Waals surface area (Å²) in [5.74, 6) is -0.155. The Morgan fingerprint density at radius 1 is 1.41 bits per heavy atom. The summed E-state index contributed by atoms with van der Waals surface area (Å²) < 4.78 is 0. The maximum absolute atomic E-state index is 12.8. The number of aliphatic hydroxyl groups excluding tert-OH is 1. The van der Waals surface area contributed by atoms with E-state index in [1.165, 1.54) is 6.07 Å². The molecular weight excluding hydrogens is 282 g/mol. The molecule has 0 aromatic heterocycles. The molecule has 5 heteroatoms. The molecule has 1 aromatic carbocycles. The third-order valence-corrected chi connectivity index (χ3v) is 5.78. The van der Waals surface area contributed by atoms with Crippen LogP contribution in [0.3, 0.4) is 0 Å². The Morgan fingerprint density at radius 3 is 2.64 bits per heavy atom. The average molecular weight is 303 g/mol. The second-order valence-electron chi connectivity index (χ2n) is 6.95. The van der Waals surface area contributed by atoms with Crippen molar-refractivity contribution in [3.05, 3.63) is 23.8 Å². The third kappa shape index (κ3) is 1.81. The van der Waals surface area contributed by atoms with Gasteiger partial charge in [0.1, 0.15) is 16.9 Å². The molecule has 3 rings (SSSR count). The largest absolute Gasteiger partial charge is 0.506 e. The molecule has 0 aliphatic heterocycles. The molecule has 22 heavy (non-hydrogen) atoms. The van der Waals surface area contributed by atoms with Crippen LogP contribution in [-0.2, 0) is 16.2 Å². The van der Waals surface area contributed by atoms with Crippen LogP contribution in [0.2, 0.25) is 0 Å². The van der Waals surface area contributed by atoms with Gasteiger partial charge < -0.3 is 15.5 Å². The van der Waals surface area contributed by atoms with Gasteiger partial charge in [0.15, 0.2) is 0 Å². The van der Waals surface area contributed by atoms with Crippen LogP contribution in [0.4, 0.5) is 5.69 Å². The first kappa shape index (κ1) is 15.0. The summed E-state index contributed by atoms with van der Waals surface area (Å²) in [5.41, 5.74) is -0.503. The number of aliphatic hydroxyl groups is 1. The van der Waals surface area contributed by atoms with E-state index in [0.29, 0.717) is 18.4 Å². The van der Waals surface area contributed by atoms with Crippen LogP contribution < -0.4 is 5.32 Å². The summed E-state index contributed by atoms with van der Waals surface area (Å²) in [7, 11) is 0. The molecule has 2 bridgehead atoms. The Labute approximate surface area is 129 Å². The fourth-order valence-corrected chi connectivity index (χ4v) is 4.22. The van der Waals surface area contributed by atoms with Crippen LogP contribution in [0, 0.1) is 16.7 Å². The lowest BCUT2D eigenvalue weighted by atomic mass is 9.68. The number of aromatic hydroxyl groups is 1. The Morgan fingerprint density at radius 2 is 2.14 bits per heavy atom. The molecule has 3 N–H and O–H groups in total. The molecule has 118 valence electrons. The number of Topliss-reactive ketones (excluding diaryl/α,β-unsaturated/α-hetero) is 1. The lowest BCUT2D eigenvalue weighted by molar-refractivity contribution is -0.141. The van der Waals surface area contributed by atoms with Crippen LogP contribution in [-0.4, -0.2) is 21.9 Å². The van der Waals surface area contributed by atoms with Gasteiger partial charge in [0.05, 0.1) is 12.3 Å². The van der Waals surface area contributed by atoms with Crippen LogP contribution >= 0.6 is 0 Å². The van der Waals surface area contributed by atoms with Crippen LogP contribution in [0.5, 0.6) is 5.75 Å². The van der Waals surface area contributed by atoms with E-state index in [1.807, 2.05) is 13.8 Å². The maximum Gasteiger partial charge on any atom is 0.238 e. The highest BCUT2D eigenvalue weighted by atomic mass is 16.3. The normalized spacial score (nSPS) is 28.9. The Hall–Kier alpha value is -1.88. The lowest BCUT2D eigenvalue weighted by Crippen LogP contribution is -2.46. The van der Waals surface area contributed by atoms with Gasteiger partial charge in [-0.25, -0.2) is 0 Å². The van der Waals surface area contributed by atoms with Gasteiger partial charge in [0, 0.05) is 6.42 Å². The number of fused-ring (bicyclic) bond motifs is 2. The minimum absolute atomic E-state index is 0.0118. The Balaban J connectivity index is 1.90. The predicted molar refractivity (Wildman–Crippen MR) is 81.2 cm³/mol. The molecular formula is C17H21NO4. The van der Waals surface area contributed by atoms with Gasteiger partial charge in [-0.05, 0) is 41.9 Å². The molecule has 5 nitrogen and oxygen atoms in total. The molecule has 2 aliphatic rings. The van der Waals surface area contributed by atoms with Gasteiger partial charge in [-0.15, -0.1) is 0 Å². The number of carbonyl (C=O) groups excluding carboxylic acids is 2. The molecule has 0 saturated heterocycles. The predicted octanol–water partition coefficient (Wildman–Crippen LogP) is 2.22. The summed E-state index contributed by atoms with van der Waals surface area (Å²) in [6.45, 7) is 3.80. The SMILES string of the molecule is CC1(C)[C@@H]2CC[C@@]1(C(=O)Nc1ccc(CO)cc1O)C(=O)C2. The van der Waals surface area contributed by atoms with Crippen molar-refractivity contribution < 1.29 is 19.8 Å². The summed E-state index contributed by atoms with van der Waals surface area (Å²) >= 11 is 0. The van der Waals surface area contributed by atoms with Gasteiger partial charge in [0.2, 0.25) is 5.91 Å². The number of ketones is 1. The monoisotopic (exact) mass is 303 g/mol. The number of hydrogen-bond acceptors (Lipinski definition) is 4. The average Bonchev–Trinajstić information content (AvgIpc) is 2.84. The van der Waals surface area contributed by atoms with E-state index in [4.69, 9.17) is 5.11 Å². The molecule has 2 fully saturated rings. The van der Waals surface area contributed by atoms with Gasteiger partial charge in [0.25, 0.3) is 0 Å². The first-order chi connectivity index (χ1) is 10.3. The fourth-order valence-electron chi connectivity index (χ4n) is 4.22. The quantitative estimate of drug-likeness (QED) is 0.590. The molecule has 2 saturated carbocycles. The van der Waals surface area contributed by atoms with E-state index in [-0.39, 0.29) is 41.1 Å². The first-order valence-electron chi connectivity index (χ1n) is 7.60. The second-order valence-corrected chi connectivity index (χ2v) is 6.95. The van der Waals surface area contributed by atoms with Crippen molar-refractivity contribution in [2.75, 3.05) is 5.32 Å². The number of carbonyl (C=O) groups is 2. The third-order valence-electron chi connectivity index (χ3n) is 5.78. The van der Waals surface area contributed by atoms with Crippen molar-refractivity contribution >= 4 is 17.4 Å². The molecule has 0 radical (unpaired) electrons. The minimum Gasteiger partial charge on any atom is -0.506 e.